The van der Waals surface area contributed by atoms with E-state index < -0.39 is 6.09 Å². The summed E-state index contributed by atoms with van der Waals surface area (Å²) in [4.78, 5) is 11.6. The summed E-state index contributed by atoms with van der Waals surface area (Å²) in [6, 6.07) is 16.5. The number of amides is 1. The standard InChI is InChI=1S/C17H17NO3/c1-20-11-18-17(19)21-10-16-14-8-4-2-6-12(14)13-7-3-5-9-15(13)16/h2-9,16H,10-11H2,1H3,(H,18,19). The van der Waals surface area contributed by atoms with Gasteiger partial charge < -0.3 is 9.47 Å². The Hall–Kier alpha value is -2.33. The number of ether oxygens (including phenoxy) is 2. The van der Waals surface area contributed by atoms with Crippen molar-refractivity contribution in [1.82, 2.24) is 5.32 Å². The van der Waals surface area contributed by atoms with E-state index >= 15 is 0 Å². The van der Waals surface area contributed by atoms with Crippen LogP contribution in [-0.4, -0.2) is 26.5 Å². The maximum Gasteiger partial charge on any atom is 0.408 e. The third-order valence-corrected chi connectivity index (χ3v) is 3.70. The average Bonchev–Trinajstić information content (AvgIpc) is 2.85. The molecule has 1 aliphatic carbocycles. The van der Waals surface area contributed by atoms with Gasteiger partial charge >= 0.3 is 6.09 Å². The van der Waals surface area contributed by atoms with Crippen molar-refractivity contribution in [3.63, 3.8) is 0 Å². The largest absolute Gasteiger partial charge is 0.449 e. The molecule has 0 radical (unpaired) electrons. The third kappa shape index (κ3) is 2.62. The van der Waals surface area contributed by atoms with Gasteiger partial charge in [-0.15, -0.1) is 0 Å². The smallest absolute Gasteiger partial charge is 0.408 e. The summed E-state index contributed by atoms with van der Waals surface area (Å²) >= 11 is 0. The van der Waals surface area contributed by atoms with Crippen molar-refractivity contribution in [3.05, 3.63) is 59.7 Å². The first-order chi connectivity index (χ1) is 10.3. The number of alkyl carbamates (subject to hydrolysis) is 1. The number of methoxy groups -OCH3 is 1. The summed E-state index contributed by atoms with van der Waals surface area (Å²) in [5.74, 6) is 0.0886. The van der Waals surface area contributed by atoms with Crippen LogP contribution in [0.3, 0.4) is 0 Å². The maximum atomic E-state index is 11.6. The van der Waals surface area contributed by atoms with Crippen molar-refractivity contribution < 1.29 is 14.3 Å². The van der Waals surface area contributed by atoms with Gasteiger partial charge in [0.25, 0.3) is 0 Å². The van der Waals surface area contributed by atoms with E-state index in [1.54, 1.807) is 0 Å². The molecule has 0 atom stereocenters. The van der Waals surface area contributed by atoms with Crippen LogP contribution >= 0.6 is 0 Å². The SMILES string of the molecule is COCNC(=O)OCC1c2ccccc2-c2ccccc21. The van der Waals surface area contributed by atoms with Crippen molar-refractivity contribution in [2.24, 2.45) is 0 Å². The highest BCUT2D eigenvalue weighted by Crippen LogP contribution is 2.44. The molecule has 0 bridgehead atoms. The molecule has 2 aromatic carbocycles. The van der Waals surface area contributed by atoms with Crippen molar-refractivity contribution in [3.8, 4) is 11.1 Å². The number of carbonyl (C=O) groups excluding carboxylic acids is 1. The van der Waals surface area contributed by atoms with Crippen LogP contribution in [0, 0.1) is 0 Å². The van der Waals surface area contributed by atoms with E-state index in [2.05, 4.69) is 29.6 Å². The van der Waals surface area contributed by atoms with Gasteiger partial charge in [0, 0.05) is 13.0 Å². The lowest BCUT2D eigenvalue weighted by atomic mass is 9.98. The lowest BCUT2D eigenvalue weighted by molar-refractivity contribution is 0.118. The molecule has 0 unspecified atom stereocenters. The normalized spacial score (nSPS) is 12.6. The molecule has 0 saturated heterocycles. The molecule has 0 aromatic heterocycles. The van der Waals surface area contributed by atoms with Crippen LogP contribution in [0.15, 0.2) is 48.5 Å². The molecule has 3 rings (SSSR count). The van der Waals surface area contributed by atoms with Gasteiger partial charge in [0.2, 0.25) is 0 Å². The highest BCUT2D eigenvalue weighted by molar-refractivity contribution is 5.79. The highest BCUT2D eigenvalue weighted by atomic mass is 16.6. The van der Waals surface area contributed by atoms with Crippen LogP contribution in [0.2, 0.25) is 0 Å². The minimum Gasteiger partial charge on any atom is -0.449 e. The van der Waals surface area contributed by atoms with Crippen LogP contribution in [0.4, 0.5) is 4.79 Å². The van der Waals surface area contributed by atoms with Crippen LogP contribution in [0.5, 0.6) is 0 Å². The summed E-state index contributed by atoms with van der Waals surface area (Å²) in [5.41, 5.74) is 4.86. The number of hydrogen-bond acceptors (Lipinski definition) is 3. The van der Waals surface area contributed by atoms with Gasteiger partial charge in [-0.25, -0.2) is 4.79 Å². The number of benzene rings is 2. The van der Waals surface area contributed by atoms with E-state index in [1.807, 2.05) is 24.3 Å². The van der Waals surface area contributed by atoms with Crippen molar-refractivity contribution >= 4 is 6.09 Å². The molecule has 0 spiro atoms. The third-order valence-electron chi connectivity index (χ3n) is 3.70. The van der Waals surface area contributed by atoms with Gasteiger partial charge in [0.15, 0.2) is 0 Å². The fourth-order valence-corrected chi connectivity index (χ4v) is 2.78. The average molecular weight is 283 g/mol. The zero-order valence-corrected chi connectivity index (χ0v) is 11.8. The molecule has 1 N–H and O–H groups in total. The first-order valence-electron chi connectivity index (χ1n) is 6.89. The molecule has 1 aliphatic rings. The summed E-state index contributed by atoms with van der Waals surface area (Å²) in [6.07, 6.45) is -0.460. The predicted molar refractivity (Wildman–Crippen MR) is 80.1 cm³/mol. The Morgan fingerprint density at radius 2 is 1.62 bits per heavy atom. The molecule has 108 valence electrons. The minimum atomic E-state index is -0.460. The maximum absolute atomic E-state index is 11.6. The lowest BCUT2D eigenvalue weighted by Crippen LogP contribution is -2.27. The second-order valence-electron chi connectivity index (χ2n) is 4.94. The van der Waals surface area contributed by atoms with Crippen LogP contribution in [-0.2, 0) is 9.47 Å². The summed E-state index contributed by atoms with van der Waals surface area (Å²) in [5, 5.41) is 2.52. The van der Waals surface area contributed by atoms with E-state index in [1.165, 1.54) is 29.4 Å². The molecular weight excluding hydrogens is 266 g/mol. The fourth-order valence-electron chi connectivity index (χ4n) is 2.78. The van der Waals surface area contributed by atoms with E-state index in [4.69, 9.17) is 9.47 Å². The topological polar surface area (TPSA) is 47.6 Å². The second kappa shape index (κ2) is 5.97. The molecule has 4 heteroatoms. The summed E-state index contributed by atoms with van der Waals surface area (Å²) in [6.45, 7) is 0.472. The zero-order valence-electron chi connectivity index (χ0n) is 11.8. The number of carbonyl (C=O) groups is 1. The van der Waals surface area contributed by atoms with Gasteiger partial charge in [0.05, 0.1) is 0 Å². The Balaban J connectivity index is 1.81. The Labute approximate surface area is 123 Å². The van der Waals surface area contributed by atoms with Gasteiger partial charge in [-0.05, 0) is 22.3 Å². The Morgan fingerprint density at radius 3 is 2.19 bits per heavy atom. The number of rotatable bonds is 4. The Kier molecular flexibility index (Phi) is 3.88. The molecule has 0 heterocycles. The van der Waals surface area contributed by atoms with E-state index in [9.17, 15) is 4.79 Å². The van der Waals surface area contributed by atoms with Crippen LogP contribution in [0.25, 0.3) is 11.1 Å². The first kappa shape index (κ1) is 13.6. The van der Waals surface area contributed by atoms with Gasteiger partial charge in [-0.3, -0.25) is 5.32 Å². The van der Waals surface area contributed by atoms with E-state index in [-0.39, 0.29) is 12.6 Å². The zero-order chi connectivity index (χ0) is 14.7. The quantitative estimate of drug-likeness (QED) is 0.877. The Bertz CT molecular complexity index is 608. The molecule has 4 nitrogen and oxygen atoms in total. The monoisotopic (exact) mass is 283 g/mol. The number of hydrogen-bond donors (Lipinski definition) is 1. The van der Waals surface area contributed by atoms with Gasteiger partial charge in [0.1, 0.15) is 13.3 Å². The van der Waals surface area contributed by atoms with Crippen molar-refractivity contribution in [1.29, 1.82) is 0 Å². The predicted octanol–water partition coefficient (Wildman–Crippen LogP) is 3.13. The Morgan fingerprint density at radius 1 is 1.05 bits per heavy atom. The molecular formula is C17H17NO3. The first-order valence-corrected chi connectivity index (χ1v) is 6.89. The summed E-state index contributed by atoms with van der Waals surface area (Å²) < 4.78 is 10.1. The lowest BCUT2D eigenvalue weighted by Gasteiger charge is -2.14. The number of nitrogens with one attached hydrogen (secondary N) is 1. The van der Waals surface area contributed by atoms with Gasteiger partial charge in [-0.1, -0.05) is 48.5 Å². The molecule has 0 fully saturated rings. The van der Waals surface area contributed by atoms with Crippen LogP contribution < -0.4 is 5.32 Å². The van der Waals surface area contributed by atoms with Gasteiger partial charge in [-0.2, -0.15) is 0 Å². The van der Waals surface area contributed by atoms with Crippen molar-refractivity contribution in [2.75, 3.05) is 20.4 Å². The number of fused-ring (bicyclic) bond motifs is 3. The van der Waals surface area contributed by atoms with E-state index in [0.717, 1.165) is 0 Å². The molecule has 21 heavy (non-hydrogen) atoms. The molecule has 2 aromatic rings. The van der Waals surface area contributed by atoms with E-state index in [0.29, 0.717) is 6.61 Å². The molecule has 0 saturated carbocycles. The van der Waals surface area contributed by atoms with Crippen LogP contribution in [0.1, 0.15) is 17.0 Å². The fraction of sp³-hybridized carbons (Fsp3) is 0.235. The highest BCUT2D eigenvalue weighted by Gasteiger charge is 2.28. The molecule has 0 aliphatic heterocycles. The molecule has 1 amide bonds. The van der Waals surface area contributed by atoms with Crippen molar-refractivity contribution in [2.45, 2.75) is 5.92 Å². The minimum absolute atomic E-state index is 0.0886. The summed E-state index contributed by atoms with van der Waals surface area (Å²) in [7, 11) is 1.52. The second-order valence-corrected chi connectivity index (χ2v) is 4.94.